The Morgan fingerprint density at radius 1 is 0.939 bits per heavy atom. The van der Waals surface area contributed by atoms with Crippen LogP contribution in [0, 0.1) is 0 Å². The van der Waals surface area contributed by atoms with Crippen molar-refractivity contribution in [1.29, 1.82) is 0 Å². The lowest BCUT2D eigenvalue weighted by molar-refractivity contribution is 0.214. The van der Waals surface area contributed by atoms with Gasteiger partial charge < -0.3 is 19.5 Å². The number of anilines is 1. The van der Waals surface area contributed by atoms with E-state index in [0.29, 0.717) is 5.69 Å². The molecule has 0 aliphatic carbocycles. The number of pyridine rings is 1. The molecule has 33 heavy (non-hydrogen) atoms. The Morgan fingerprint density at radius 3 is 2.39 bits per heavy atom. The molecule has 1 aromatic heterocycles. The number of nitrogens with zero attached hydrogens (tertiary/aromatic N) is 3. The van der Waals surface area contributed by atoms with Crippen LogP contribution in [0.5, 0.6) is 11.5 Å². The molecular formula is C27H33N3O3. The van der Waals surface area contributed by atoms with Crippen molar-refractivity contribution in [1.82, 2.24) is 9.88 Å². The van der Waals surface area contributed by atoms with E-state index in [2.05, 4.69) is 33.0 Å². The van der Waals surface area contributed by atoms with Crippen molar-refractivity contribution in [2.75, 3.05) is 38.2 Å². The fourth-order valence-corrected chi connectivity index (χ4v) is 4.27. The zero-order chi connectivity index (χ0) is 23.2. The summed E-state index contributed by atoms with van der Waals surface area (Å²) in [6.45, 7) is 8.58. The fourth-order valence-electron chi connectivity index (χ4n) is 4.27. The van der Waals surface area contributed by atoms with Crippen LogP contribution < -0.4 is 14.4 Å². The molecule has 6 nitrogen and oxygen atoms in total. The molecule has 3 aromatic rings. The predicted octanol–water partition coefficient (Wildman–Crippen LogP) is 4.28. The Kier molecular flexibility index (Phi) is 7.47. The van der Waals surface area contributed by atoms with Gasteiger partial charge in [0.15, 0.2) is 11.5 Å². The van der Waals surface area contributed by atoms with Crippen molar-refractivity contribution in [2.45, 2.75) is 32.6 Å². The highest BCUT2D eigenvalue weighted by molar-refractivity contribution is 5.56. The van der Waals surface area contributed by atoms with Crippen molar-refractivity contribution < 1.29 is 14.6 Å². The number of para-hydroxylation sites is 1. The Morgan fingerprint density at radius 2 is 1.70 bits per heavy atom. The first-order valence-electron chi connectivity index (χ1n) is 11.5. The first kappa shape index (κ1) is 23.1. The van der Waals surface area contributed by atoms with Crippen LogP contribution in [0.15, 0.2) is 66.9 Å². The average Bonchev–Trinajstić information content (AvgIpc) is 2.85. The van der Waals surface area contributed by atoms with Gasteiger partial charge in [-0.25, -0.2) is 0 Å². The number of benzene rings is 2. The molecule has 2 heterocycles. The van der Waals surface area contributed by atoms with Crippen LogP contribution in [0.3, 0.4) is 0 Å². The molecular weight excluding hydrogens is 414 g/mol. The summed E-state index contributed by atoms with van der Waals surface area (Å²) in [4.78, 5) is 9.15. The van der Waals surface area contributed by atoms with E-state index in [1.165, 1.54) is 5.56 Å². The minimum absolute atomic E-state index is 0.108. The van der Waals surface area contributed by atoms with Crippen LogP contribution in [-0.4, -0.2) is 54.4 Å². The molecule has 0 saturated carbocycles. The Bertz CT molecular complexity index is 1030. The molecule has 0 amide bonds. The minimum atomic E-state index is -0.737. The summed E-state index contributed by atoms with van der Waals surface area (Å²) in [5.41, 5.74) is 3.85. The lowest BCUT2D eigenvalue weighted by atomic mass is 10.0. The lowest BCUT2D eigenvalue weighted by Crippen LogP contribution is -2.46. The Labute approximate surface area is 196 Å². The second-order valence-electron chi connectivity index (χ2n) is 8.63. The molecule has 0 bridgehead atoms. The molecule has 1 aliphatic rings. The third kappa shape index (κ3) is 5.64. The number of rotatable bonds is 8. The van der Waals surface area contributed by atoms with Gasteiger partial charge in [0.25, 0.3) is 0 Å². The SMILES string of the molecule is COc1cc(CN2CCN(c3ccccc3[C@@H](O)c3ccccn3)CC2)ccc1OC(C)C. The number of aliphatic hydroxyl groups excluding tert-OH is 1. The molecule has 1 atom stereocenters. The molecule has 174 valence electrons. The van der Waals surface area contributed by atoms with E-state index in [9.17, 15) is 5.11 Å². The highest BCUT2D eigenvalue weighted by Crippen LogP contribution is 2.32. The summed E-state index contributed by atoms with van der Waals surface area (Å²) in [7, 11) is 1.68. The Hall–Kier alpha value is -3.09. The zero-order valence-corrected chi connectivity index (χ0v) is 19.6. The van der Waals surface area contributed by atoms with Crippen LogP contribution in [0.2, 0.25) is 0 Å². The van der Waals surface area contributed by atoms with Gasteiger partial charge in [0, 0.05) is 50.2 Å². The number of hydrogen-bond donors (Lipinski definition) is 1. The van der Waals surface area contributed by atoms with E-state index in [1.807, 2.05) is 56.3 Å². The van der Waals surface area contributed by atoms with E-state index in [0.717, 1.165) is 55.5 Å². The molecule has 2 aromatic carbocycles. The van der Waals surface area contributed by atoms with E-state index in [4.69, 9.17) is 9.47 Å². The maximum absolute atomic E-state index is 11.0. The number of piperazine rings is 1. The minimum Gasteiger partial charge on any atom is -0.493 e. The van der Waals surface area contributed by atoms with Crippen molar-refractivity contribution in [2.24, 2.45) is 0 Å². The van der Waals surface area contributed by atoms with Crippen molar-refractivity contribution in [3.63, 3.8) is 0 Å². The van der Waals surface area contributed by atoms with Crippen molar-refractivity contribution in [3.8, 4) is 11.5 Å². The third-order valence-corrected chi connectivity index (χ3v) is 5.91. The van der Waals surface area contributed by atoms with Crippen LogP contribution in [0.25, 0.3) is 0 Å². The molecule has 1 aliphatic heterocycles. The van der Waals surface area contributed by atoms with Crippen LogP contribution in [0.4, 0.5) is 5.69 Å². The molecule has 6 heteroatoms. The number of hydrogen-bond acceptors (Lipinski definition) is 6. The smallest absolute Gasteiger partial charge is 0.161 e. The summed E-state index contributed by atoms with van der Waals surface area (Å²) in [6, 6.07) is 19.9. The van der Waals surface area contributed by atoms with Gasteiger partial charge in [-0.15, -0.1) is 0 Å². The van der Waals surface area contributed by atoms with E-state index < -0.39 is 6.10 Å². The van der Waals surface area contributed by atoms with E-state index in [1.54, 1.807) is 13.3 Å². The summed E-state index contributed by atoms with van der Waals surface area (Å²) < 4.78 is 11.4. The van der Waals surface area contributed by atoms with Gasteiger partial charge in [-0.3, -0.25) is 9.88 Å². The molecule has 1 fully saturated rings. The summed E-state index contributed by atoms with van der Waals surface area (Å²) in [6.07, 6.45) is 1.09. The monoisotopic (exact) mass is 447 g/mol. The number of aromatic nitrogens is 1. The molecule has 1 N–H and O–H groups in total. The number of ether oxygens (including phenoxy) is 2. The van der Waals surface area contributed by atoms with Gasteiger partial charge in [0.2, 0.25) is 0 Å². The highest BCUT2D eigenvalue weighted by Gasteiger charge is 2.23. The van der Waals surface area contributed by atoms with Gasteiger partial charge in [-0.1, -0.05) is 30.3 Å². The summed E-state index contributed by atoms with van der Waals surface area (Å²) >= 11 is 0. The average molecular weight is 448 g/mol. The summed E-state index contributed by atoms with van der Waals surface area (Å²) in [5, 5.41) is 11.0. The second-order valence-corrected chi connectivity index (χ2v) is 8.63. The predicted molar refractivity (Wildman–Crippen MR) is 131 cm³/mol. The molecule has 0 unspecified atom stereocenters. The van der Waals surface area contributed by atoms with Crippen molar-refractivity contribution in [3.05, 3.63) is 83.7 Å². The molecule has 0 radical (unpaired) electrons. The van der Waals surface area contributed by atoms with Crippen molar-refractivity contribution >= 4 is 5.69 Å². The normalized spacial score (nSPS) is 15.5. The van der Waals surface area contributed by atoms with Crippen LogP contribution in [0.1, 0.15) is 36.8 Å². The topological polar surface area (TPSA) is 58.1 Å². The fraction of sp³-hybridized carbons (Fsp3) is 0.370. The van der Waals surface area contributed by atoms with E-state index in [-0.39, 0.29) is 6.10 Å². The highest BCUT2D eigenvalue weighted by atomic mass is 16.5. The van der Waals surface area contributed by atoms with Gasteiger partial charge in [-0.2, -0.15) is 0 Å². The van der Waals surface area contributed by atoms with Gasteiger partial charge in [-0.05, 0) is 49.7 Å². The largest absolute Gasteiger partial charge is 0.493 e. The van der Waals surface area contributed by atoms with Crippen LogP contribution in [-0.2, 0) is 6.54 Å². The first-order chi connectivity index (χ1) is 16.0. The second kappa shape index (κ2) is 10.7. The number of methoxy groups -OCH3 is 1. The standard InChI is InChI=1S/C27H33N3O3/c1-20(2)33-25-12-11-21(18-26(25)32-3)19-29-14-16-30(17-15-29)24-10-5-4-8-22(24)27(31)23-9-6-7-13-28-23/h4-13,18,20,27,31H,14-17,19H2,1-3H3/t27-/m1/s1. The maximum atomic E-state index is 11.0. The van der Waals surface area contributed by atoms with Crippen LogP contribution >= 0.6 is 0 Å². The van der Waals surface area contributed by atoms with Gasteiger partial charge >= 0.3 is 0 Å². The molecule has 0 spiro atoms. The molecule has 1 saturated heterocycles. The lowest BCUT2D eigenvalue weighted by Gasteiger charge is -2.37. The van der Waals surface area contributed by atoms with E-state index >= 15 is 0 Å². The quantitative estimate of drug-likeness (QED) is 0.556. The Balaban J connectivity index is 1.41. The zero-order valence-electron chi connectivity index (χ0n) is 19.6. The third-order valence-electron chi connectivity index (χ3n) is 5.91. The number of aliphatic hydroxyl groups is 1. The summed E-state index contributed by atoms with van der Waals surface area (Å²) in [5.74, 6) is 1.56. The van der Waals surface area contributed by atoms with Gasteiger partial charge in [0.05, 0.1) is 18.9 Å². The van der Waals surface area contributed by atoms with Gasteiger partial charge in [0.1, 0.15) is 6.10 Å². The first-order valence-corrected chi connectivity index (χ1v) is 11.5. The molecule has 4 rings (SSSR count). The maximum Gasteiger partial charge on any atom is 0.161 e.